The van der Waals surface area contributed by atoms with Crippen LogP contribution in [0.1, 0.15) is 23.1 Å². The van der Waals surface area contributed by atoms with Crippen molar-refractivity contribution in [1.29, 1.82) is 0 Å². The van der Waals surface area contributed by atoms with Gasteiger partial charge in [0.1, 0.15) is 0 Å². The fourth-order valence-electron chi connectivity index (χ4n) is 4.28. The monoisotopic (exact) mass is 464 g/mol. The summed E-state index contributed by atoms with van der Waals surface area (Å²) in [6.45, 7) is 4.44. The SMILES string of the molecule is O=C(CCc1ccc(CN(CCc2c[nH]c3ccccc23)C(=O)CN2CCOCC2)cc1)NO. The maximum absolute atomic E-state index is 13.3. The molecule has 3 N–H and O–H groups in total. The number of aromatic amines is 1. The summed E-state index contributed by atoms with van der Waals surface area (Å²) in [5.41, 5.74) is 6.03. The first-order chi connectivity index (χ1) is 16.6. The molecule has 1 aliphatic rings. The molecule has 0 saturated carbocycles. The minimum absolute atomic E-state index is 0.116. The number of amides is 2. The number of hydroxylamine groups is 1. The van der Waals surface area contributed by atoms with Gasteiger partial charge < -0.3 is 14.6 Å². The zero-order valence-electron chi connectivity index (χ0n) is 19.3. The number of morpholine rings is 1. The van der Waals surface area contributed by atoms with E-state index < -0.39 is 5.91 Å². The minimum Gasteiger partial charge on any atom is -0.379 e. The lowest BCUT2D eigenvalue weighted by molar-refractivity contribution is -0.134. The Morgan fingerprint density at radius 2 is 1.76 bits per heavy atom. The first-order valence-corrected chi connectivity index (χ1v) is 11.8. The van der Waals surface area contributed by atoms with Crippen LogP contribution < -0.4 is 5.48 Å². The molecule has 0 radical (unpaired) electrons. The molecule has 0 unspecified atom stereocenters. The van der Waals surface area contributed by atoms with Crippen LogP contribution in [0.25, 0.3) is 10.9 Å². The predicted molar refractivity (Wildman–Crippen MR) is 129 cm³/mol. The Morgan fingerprint density at radius 1 is 1.03 bits per heavy atom. The van der Waals surface area contributed by atoms with Gasteiger partial charge in [-0.1, -0.05) is 42.5 Å². The normalized spacial score (nSPS) is 14.3. The van der Waals surface area contributed by atoms with Crippen LogP contribution in [-0.4, -0.2) is 71.2 Å². The number of H-pyrrole nitrogens is 1. The van der Waals surface area contributed by atoms with Crippen molar-refractivity contribution in [3.63, 3.8) is 0 Å². The summed E-state index contributed by atoms with van der Waals surface area (Å²) < 4.78 is 5.42. The van der Waals surface area contributed by atoms with Crippen molar-refractivity contribution in [3.05, 3.63) is 71.4 Å². The highest BCUT2D eigenvalue weighted by atomic mass is 16.5. The van der Waals surface area contributed by atoms with Crippen molar-refractivity contribution in [3.8, 4) is 0 Å². The quantitative estimate of drug-likeness (QED) is 0.316. The van der Waals surface area contributed by atoms with E-state index in [1.54, 1.807) is 5.48 Å². The van der Waals surface area contributed by atoms with Crippen LogP contribution in [0.4, 0.5) is 0 Å². The molecule has 1 aliphatic heterocycles. The summed E-state index contributed by atoms with van der Waals surface area (Å²) in [6.07, 6.45) is 3.58. The van der Waals surface area contributed by atoms with Crippen molar-refractivity contribution >= 4 is 22.7 Å². The van der Waals surface area contributed by atoms with Crippen molar-refractivity contribution in [1.82, 2.24) is 20.3 Å². The molecule has 180 valence electrons. The number of hydrogen-bond donors (Lipinski definition) is 3. The molecule has 1 saturated heterocycles. The Balaban J connectivity index is 1.43. The maximum Gasteiger partial charge on any atom is 0.243 e. The highest BCUT2D eigenvalue weighted by molar-refractivity contribution is 5.83. The van der Waals surface area contributed by atoms with E-state index in [-0.39, 0.29) is 12.3 Å². The molecule has 1 fully saturated rings. The van der Waals surface area contributed by atoms with Gasteiger partial charge in [-0.05, 0) is 35.6 Å². The van der Waals surface area contributed by atoms with Gasteiger partial charge in [-0.15, -0.1) is 0 Å². The fourth-order valence-corrected chi connectivity index (χ4v) is 4.28. The van der Waals surface area contributed by atoms with Crippen LogP contribution in [0.3, 0.4) is 0 Å². The molecule has 0 atom stereocenters. The number of aromatic nitrogens is 1. The Hall–Kier alpha value is -3.20. The number of carbonyl (C=O) groups is 2. The molecule has 0 aliphatic carbocycles. The lowest BCUT2D eigenvalue weighted by atomic mass is 10.1. The van der Waals surface area contributed by atoms with Crippen molar-refractivity contribution < 1.29 is 19.5 Å². The number of hydrogen-bond acceptors (Lipinski definition) is 5. The van der Waals surface area contributed by atoms with Gasteiger partial charge in [-0.3, -0.25) is 19.7 Å². The molecule has 4 rings (SSSR count). The number of para-hydroxylation sites is 1. The first-order valence-electron chi connectivity index (χ1n) is 11.8. The highest BCUT2D eigenvalue weighted by Crippen LogP contribution is 2.19. The summed E-state index contributed by atoms with van der Waals surface area (Å²) in [7, 11) is 0. The van der Waals surface area contributed by atoms with Crippen LogP contribution in [0, 0.1) is 0 Å². The standard InChI is InChI=1S/C26H32N4O4/c31-25(28-33)10-9-20-5-7-21(8-6-20)18-30(26(32)19-29-13-15-34-16-14-29)12-11-22-17-27-24-4-2-1-3-23(22)24/h1-8,17,27,33H,9-16,18-19H2,(H,28,31). The number of aryl methyl sites for hydroxylation is 1. The summed E-state index contributed by atoms with van der Waals surface area (Å²) in [4.78, 5) is 32.0. The maximum atomic E-state index is 13.3. The number of rotatable bonds is 10. The smallest absolute Gasteiger partial charge is 0.243 e. The topological polar surface area (TPSA) is 97.9 Å². The van der Waals surface area contributed by atoms with Crippen molar-refractivity contribution in [2.75, 3.05) is 39.4 Å². The van der Waals surface area contributed by atoms with E-state index in [2.05, 4.69) is 22.0 Å². The van der Waals surface area contributed by atoms with Crippen LogP contribution in [0.15, 0.2) is 54.7 Å². The third-order valence-electron chi connectivity index (χ3n) is 6.30. The Morgan fingerprint density at radius 3 is 2.53 bits per heavy atom. The number of nitrogens with one attached hydrogen (secondary N) is 2. The molecule has 1 aromatic heterocycles. The summed E-state index contributed by atoms with van der Waals surface area (Å²) in [5, 5.41) is 9.85. The van der Waals surface area contributed by atoms with Crippen LogP contribution in [0.2, 0.25) is 0 Å². The van der Waals surface area contributed by atoms with Crippen LogP contribution >= 0.6 is 0 Å². The summed E-state index contributed by atoms with van der Waals surface area (Å²) in [5.74, 6) is -0.285. The van der Waals surface area contributed by atoms with Crippen LogP contribution in [-0.2, 0) is 33.7 Å². The lowest BCUT2D eigenvalue weighted by Crippen LogP contribution is -2.45. The molecule has 0 spiro atoms. The highest BCUT2D eigenvalue weighted by Gasteiger charge is 2.20. The van der Waals surface area contributed by atoms with E-state index in [1.807, 2.05) is 47.5 Å². The van der Waals surface area contributed by atoms with E-state index in [9.17, 15) is 9.59 Å². The Labute approximate surface area is 199 Å². The molecule has 2 heterocycles. The molecule has 2 amide bonds. The molecule has 3 aromatic rings. The average molecular weight is 465 g/mol. The van der Waals surface area contributed by atoms with E-state index in [0.717, 1.165) is 36.2 Å². The summed E-state index contributed by atoms with van der Waals surface area (Å²) >= 11 is 0. The predicted octanol–water partition coefficient (Wildman–Crippen LogP) is 2.51. The Kier molecular flexibility index (Phi) is 8.30. The van der Waals surface area contributed by atoms with Crippen LogP contribution in [0.5, 0.6) is 0 Å². The van der Waals surface area contributed by atoms with Crippen molar-refractivity contribution in [2.45, 2.75) is 25.8 Å². The van der Waals surface area contributed by atoms with E-state index in [0.29, 0.717) is 39.3 Å². The summed E-state index contributed by atoms with van der Waals surface area (Å²) in [6, 6.07) is 16.2. The number of ether oxygens (including phenoxy) is 1. The van der Waals surface area contributed by atoms with Gasteiger partial charge >= 0.3 is 0 Å². The number of benzene rings is 2. The number of fused-ring (bicyclic) bond motifs is 1. The first kappa shape index (κ1) is 23.9. The second-order valence-electron chi connectivity index (χ2n) is 8.66. The number of carbonyl (C=O) groups excluding carboxylic acids is 2. The van der Waals surface area contributed by atoms with Gasteiger partial charge in [0.05, 0.1) is 19.8 Å². The molecular formula is C26H32N4O4. The molecule has 8 heteroatoms. The second-order valence-corrected chi connectivity index (χ2v) is 8.66. The zero-order chi connectivity index (χ0) is 23.8. The van der Waals surface area contributed by atoms with Gasteiger partial charge in [0, 0.05) is 49.7 Å². The molecule has 8 nitrogen and oxygen atoms in total. The third-order valence-corrected chi connectivity index (χ3v) is 6.30. The van der Waals surface area contributed by atoms with E-state index >= 15 is 0 Å². The average Bonchev–Trinajstić information content (AvgIpc) is 3.29. The lowest BCUT2D eigenvalue weighted by Gasteiger charge is -2.30. The van der Waals surface area contributed by atoms with Gasteiger partial charge in [-0.2, -0.15) is 0 Å². The van der Waals surface area contributed by atoms with E-state index in [4.69, 9.17) is 9.94 Å². The molecular weight excluding hydrogens is 432 g/mol. The Bertz CT molecular complexity index is 1090. The minimum atomic E-state index is -0.402. The fraction of sp³-hybridized carbons (Fsp3) is 0.385. The van der Waals surface area contributed by atoms with Gasteiger partial charge in [0.15, 0.2) is 0 Å². The van der Waals surface area contributed by atoms with E-state index in [1.165, 1.54) is 10.9 Å². The van der Waals surface area contributed by atoms with Gasteiger partial charge in [0.2, 0.25) is 11.8 Å². The molecule has 34 heavy (non-hydrogen) atoms. The van der Waals surface area contributed by atoms with Crippen molar-refractivity contribution in [2.24, 2.45) is 0 Å². The molecule has 2 aromatic carbocycles. The van der Waals surface area contributed by atoms with Gasteiger partial charge in [-0.25, -0.2) is 5.48 Å². The second kappa shape index (κ2) is 11.8. The van der Waals surface area contributed by atoms with Gasteiger partial charge in [0.25, 0.3) is 0 Å². The third kappa shape index (κ3) is 6.44. The molecule has 0 bridgehead atoms. The largest absolute Gasteiger partial charge is 0.379 e. The number of nitrogens with zero attached hydrogens (tertiary/aromatic N) is 2. The zero-order valence-corrected chi connectivity index (χ0v) is 19.3.